The first kappa shape index (κ1) is 24.9. The number of anilines is 1. The van der Waals surface area contributed by atoms with Gasteiger partial charge in [0.25, 0.3) is 0 Å². The van der Waals surface area contributed by atoms with Crippen molar-refractivity contribution < 1.29 is 4.79 Å². The lowest BCUT2D eigenvalue weighted by atomic mass is 10.0. The van der Waals surface area contributed by atoms with E-state index in [4.69, 9.17) is 0 Å². The number of nitrogens with one attached hydrogen (secondary N) is 1. The topological polar surface area (TPSA) is 115 Å². The molecule has 1 aliphatic rings. The summed E-state index contributed by atoms with van der Waals surface area (Å²) in [4.78, 5) is 33.4. The average Bonchev–Trinajstić information content (AvgIpc) is 3.39. The lowest BCUT2D eigenvalue weighted by Crippen LogP contribution is -2.39. The molecule has 0 amide bonds. The summed E-state index contributed by atoms with van der Waals surface area (Å²) in [6, 6.07) is 4.96. The maximum atomic E-state index is 13.0. The lowest BCUT2D eigenvalue weighted by Gasteiger charge is -2.34. The zero-order chi connectivity index (χ0) is 25.9. The number of nitrogens with zero attached hydrogens (tertiary/aromatic N) is 8. The second-order valence-electron chi connectivity index (χ2n) is 10.2. The maximum absolute atomic E-state index is 13.0. The highest BCUT2D eigenvalue weighted by molar-refractivity contribution is 5.95. The van der Waals surface area contributed by atoms with E-state index in [2.05, 4.69) is 68.2 Å². The van der Waals surface area contributed by atoms with Crippen LogP contribution in [0.1, 0.15) is 62.8 Å². The van der Waals surface area contributed by atoms with Crippen LogP contribution in [0.3, 0.4) is 0 Å². The van der Waals surface area contributed by atoms with Crippen molar-refractivity contribution in [3.8, 4) is 11.4 Å². The van der Waals surface area contributed by atoms with Gasteiger partial charge in [0, 0.05) is 48.6 Å². The highest BCUT2D eigenvalue weighted by Crippen LogP contribution is 2.24. The number of likely N-dealkylation sites (tertiary alicyclic amines) is 1. The summed E-state index contributed by atoms with van der Waals surface area (Å²) in [6.45, 7) is 10.6. The molecule has 5 heterocycles. The predicted octanol–water partition coefficient (Wildman–Crippen LogP) is 3.97. The number of ketones is 1. The number of fused-ring (bicyclic) bond motifs is 1. The van der Waals surface area contributed by atoms with Gasteiger partial charge in [0.05, 0.1) is 36.7 Å². The Morgan fingerprint density at radius 2 is 1.78 bits per heavy atom. The fourth-order valence-electron chi connectivity index (χ4n) is 4.68. The quantitative estimate of drug-likeness (QED) is 0.360. The van der Waals surface area contributed by atoms with Gasteiger partial charge in [-0.3, -0.25) is 19.7 Å². The zero-order valence-corrected chi connectivity index (χ0v) is 21.8. The van der Waals surface area contributed by atoms with Gasteiger partial charge in [-0.1, -0.05) is 5.21 Å². The molecule has 37 heavy (non-hydrogen) atoms. The second kappa shape index (κ2) is 10.7. The number of aromatic nitrogens is 7. The van der Waals surface area contributed by atoms with Gasteiger partial charge < -0.3 is 10.2 Å². The number of pyridine rings is 2. The van der Waals surface area contributed by atoms with Crippen LogP contribution in [0.4, 0.5) is 5.82 Å². The molecule has 0 aliphatic carbocycles. The molecular formula is C27H33N9O. The molecule has 192 valence electrons. The summed E-state index contributed by atoms with van der Waals surface area (Å²) in [5.74, 6) is 0.610. The minimum atomic E-state index is -0.0923. The Morgan fingerprint density at radius 3 is 2.54 bits per heavy atom. The van der Waals surface area contributed by atoms with E-state index in [0.717, 1.165) is 36.7 Å². The molecule has 0 aromatic carbocycles. The number of hydrogen-bond acceptors (Lipinski definition) is 9. The minimum absolute atomic E-state index is 0.0923. The molecule has 1 aliphatic heterocycles. The molecule has 0 bridgehead atoms. The highest BCUT2D eigenvalue weighted by atomic mass is 16.1. The van der Waals surface area contributed by atoms with Crippen LogP contribution in [0.15, 0.2) is 43.1 Å². The van der Waals surface area contributed by atoms with Crippen molar-refractivity contribution in [1.82, 2.24) is 39.8 Å². The van der Waals surface area contributed by atoms with Crippen LogP contribution in [0.2, 0.25) is 0 Å². The van der Waals surface area contributed by atoms with Crippen LogP contribution in [-0.2, 0) is 6.42 Å². The molecule has 0 saturated carbocycles. The molecule has 0 radical (unpaired) electrons. The van der Waals surface area contributed by atoms with Crippen LogP contribution in [0.5, 0.6) is 0 Å². The Hall–Kier alpha value is -3.79. The first-order valence-corrected chi connectivity index (χ1v) is 12.9. The van der Waals surface area contributed by atoms with Crippen molar-refractivity contribution >= 4 is 22.4 Å². The van der Waals surface area contributed by atoms with E-state index in [0.29, 0.717) is 34.6 Å². The molecule has 1 fully saturated rings. The molecule has 10 heteroatoms. The van der Waals surface area contributed by atoms with Crippen molar-refractivity contribution in [2.45, 2.75) is 65.1 Å². The van der Waals surface area contributed by atoms with Crippen molar-refractivity contribution in [3.63, 3.8) is 0 Å². The fourth-order valence-corrected chi connectivity index (χ4v) is 4.68. The van der Waals surface area contributed by atoms with Crippen molar-refractivity contribution in [2.75, 3.05) is 18.4 Å². The lowest BCUT2D eigenvalue weighted by molar-refractivity contribution is 0.0987. The Labute approximate surface area is 216 Å². The second-order valence-corrected chi connectivity index (χ2v) is 10.2. The molecule has 0 atom stereocenters. The van der Waals surface area contributed by atoms with Crippen LogP contribution in [0, 0.1) is 0 Å². The number of hydrogen-bond donors (Lipinski definition) is 1. The number of Topliss-reactive ketones (excluding diaryl/α,β-unsaturated/α-hetero) is 1. The largest absolute Gasteiger partial charge is 0.367 e. The summed E-state index contributed by atoms with van der Waals surface area (Å²) in [5, 5.41) is 13.5. The van der Waals surface area contributed by atoms with Crippen molar-refractivity contribution in [1.29, 1.82) is 0 Å². The third-order valence-corrected chi connectivity index (χ3v) is 6.73. The van der Waals surface area contributed by atoms with E-state index >= 15 is 0 Å². The molecule has 0 spiro atoms. The summed E-state index contributed by atoms with van der Waals surface area (Å²) in [7, 11) is 0. The van der Waals surface area contributed by atoms with E-state index in [9.17, 15) is 4.79 Å². The summed E-state index contributed by atoms with van der Waals surface area (Å²) < 4.78 is 1.86. The Balaban J connectivity index is 1.29. The van der Waals surface area contributed by atoms with Gasteiger partial charge in [-0.05, 0) is 58.1 Å². The van der Waals surface area contributed by atoms with Gasteiger partial charge in [0.2, 0.25) is 0 Å². The molecule has 4 aromatic rings. The third kappa shape index (κ3) is 5.80. The number of rotatable bonds is 8. The van der Waals surface area contributed by atoms with Gasteiger partial charge >= 0.3 is 0 Å². The smallest absolute Gasteiger partial charge is 0.190 e. The van der Waals surface area contributed by atoms with Gasteiger partial charge in [-0.15, -0.1) is 5.10 Å². The van der Waals surface area contributed by atoms with E-state index in [1.165, 1.54) is 0 Å². The molecule has 10 nitrogen and oxygen atoms in total. The first-order chi connectivity index (χ1) is 17.9. The Morgan fingerprint density at radius 1 is 1.00 bits per heavy atom. The summed E-state index contributed by atoms with van der Waals surface area (Å²) in [6.07, 6.45) is 10.9. The summed E-state index contributed by atoms with van der Waals surface area (Å²) >= 11 is 0. The van der Waals surface area contributed by atoms with E-state index < -0.39 is 0 Å². The fraction of sp³-hybridized carbons (Fsp3) is 0.444. The first-order valence-electron chi connectivity index (χ1n) is 12.9. The highest BCUT2D eigenvalue weighted by Gasteiger charge is 2.24. The number of carbonyl (C=O) groups excluding carboxylic acids is 1. The van der Waals surface area contributed by atoms with E-state index in [1.54, 1.807) is 31.0 Å². The number of carbonyl (C=O) groups is 1. The van der Waals surface area contributed by atoms with Gasteiger partial charge in [0.15, 0.2) is 5.78 Å². The molecule has 1 N–H and O–H groups in total. The molecule has 5 rings (SSSR count). The molecule has 0 unspecified atom stereocenters. The normalized spacial score (nSPS) is 15.1. The standard InChI is InChI=1S/C27H33N9O/c1-17(2)31-27-15-28-14-24(32-27)23-10-19-9-21(29-12-20(19)13-30-23)11-26(37)25-16-36(34-33-25)22-5-7-35(8-6-22)18(3)4/h9-10,12-18,22H,5-8,11H2,1-4H3,(H,31,32). The van der Waals surface area contributed by atoms with Crippen LogP contribution in [-0.4, -0.2) is 70.8 Å². The van der Waals surface area contributed by atoms with E-state index in [1.807, 2.05) is 16.8 Å². The van der Waals surface area contributed by atoms with Gasteiger partial charge in [0.1, 0.15) is 17.2 Å². The monoisotopic (exact) mass is 499 g/mol. The van der Waals surface area contributed by atoms with E-state index in [-0.39, 0.29) is 24.3 Å². The summed E-state index contributed by atoms with van der Waals surface area (Å²) in [5.41, 5.74) is 2.45. The van der Waals surface area contributed by atoms with Crippen molar-refractivity contribution in [3.05, 3.63) is 54.5 Å². The van der Waals surface area contributed by atoms with Crippen molar-refractivity contribution in [2.24, 2.45) is 0 Å². The molecule has 1 saturated heterocycles. The average molecular weight is 500 g/mol. The van der Waals surface area contributed by atoms with Crippen LogP contribution < -0.4 is 5.32 Å². The van der Waals surface area contributed by atoms with Crippen LogP contribution in [0.25, 0.3) is 22.2 Å². The van der Waals surface area contributed by atoms with Crippen LogP contribution >= 0.6 is 0 Å². The maximum Gasteiger partial charge on any atom is 0.190 e. The third-order valence-electron chi connectivity index (χ3n) is 6.73. The predicted molar refractivity (Wildman–Crippen MR) is 142 cm³/mol. The SMILES string of the molecule is CC(C)Nc1cncc(-c2cc3cc(CC(=O)c4cn(C5CCN(C(C)C)CC5)nn4)ncc3cn2)n1. The zero-order valence-electron chi connectivity index (χ0n) is 21.8. The molecule has 4 aromatic heterocycles. The van der Waals surface area contributed by atoms with Gasteiger partial charge in [-0.25, -0.2) is 9.67 Å². The molecular weight excluding hydrogens is 466 g/mol. The Bertz CT molecular complexity index is 1390. The minimum Gasteiger partial charge on any atom is -0.367 e. The van der Waals surface area contributed by atoms with Gasteiger partial charge in [-0.2, -0.15) is 0 Å². The Kier molecular flexibility index (Phi) is 7.18. The number of piperidine rings is 1.